The number of nitrogens with zero attached hydrogens (tertiary/aromatic N) is 1. The van der Waals surface area contributed by atoms with E-state index >= 15 is 0 Å². The van der Waals surface area contributed by atoms with Gasteiger partial charge < -0.3 is 9.84 Å². The van der Waals surface area contributed by atoms with E-state index in [1.54, 1.807) is 24.3 Å². The van der Waals surface area contributed by atoms with Gasteiger partial charge in [-0.2, -0.15) is 0 Å². The lowest BCUT2D eigenvalue weighted by Crippen LogP contribution is -2.30. The predicted octanol–water partition coefficient (Wildman–Crippen LogP) is 1.57. The van der Waals surface area contributed by atoms with Crippen molar-refractivity contribution in [1.82, 2.24) is 4.90 Å². The molecule has 1 aromatic rings. The zero-order valence-corrected chi connectivity index (χ0v) is 12.7. The summed E-state index contributed by atoms with van der Waals surface area (Å²) in [5, 5.41) is 8.93. The Balaban J connectivity index is 1.61. The van der Waals surface area contributed by atoms with E-state index in [2.05, 4.69) is 0 Å². The number of benzene rings is 1. The van der Waals surface area contributed by atoms with Crippen molar-refractivity contribution >= 4 is 17.8 Å². The molecule has 2 amide bonds. The minimum atomic E-state index is -0.322. The van der Waals surface area contributed by atoms with E-state index in [1.165, 1.54) is 17.1 Å². The Morgan fingerprint density at radius 3 is 2.26 bits per heavy atom. The van der Waals surface area contributed by atoms with Gasteiger partial charge >= 0.3 is 5.97 Å². The number of aliphatic hydroxyl groups is 1. The zero-order chi connectivity index (χ0) is 16.7. The van der Waals surface area contributed by atoms with Crippen LogP contribution in [0.15, 0.2) is 36.4 Å². The number of amides is 2. The molecule has 23 heavy (non-hydrogen) atoms. The van der Waals surface area contributed by atoms with Crippen molar-refractivity contribution in [2.24, 2.45) is 0 Å². The highest BCUT2D eigenvalue weighted by Gasteiger charge is 2.22. The first-order valence-corrected chi connectivity index (χ1v) is 7.54. The number of carbonyl (C=O) groups is 3. The van der Waals surface area contributed by atoms with E-state index < -0.39 is 0 Å². The maximum atomic E-state index is 11.7. The number of carbonyl (C=O) groups excluding carboxylic acids is 3. The Morgan fingerprint density at radius 1 is 1.00 bits per heavy atom. The third-order valence-corrected chi connectivity index (χ3v) is 3.50. The van der Waals surface area contributed by atoms with Crippen LogP contribution in [0.1, 0.15) is 31.2 Å². The normalized spacial score (nSPS) is 13.7. The Morgan fingerprint density at radius 2 is 1.65 bits per heavy atom. The van der Waals surface area contributed by atoms with Crippen LogP contribution in [0.2, 0.25) is 0 Å². The van der Waals surface area contributed by atoms with Gasteiger partial charge in [0.05, 0.1) is 6.61 Å². The van der Waals surface area contributed by atoms with E-state index in [9.17, 15) is 14.4 Å². The molecule has 0 radical (unpaired) electrons. The third kappa shape index (κ3) is 5.03. The Labute approximate surface area is 134 Å². The Hall–Kier alpha value is -2.47. The lowest BCUT2D eigenvalue weighted by molar-refractivity contribution is -0.137. The molecule has 0 unspecified atom stereocenters. The second kappa shape index (κ2) is 8.24. The summed E-state index contributed by atoms with van der Waals surface area (Å²) in [6, 6.07) is 6.67. The van der Waals surface area contributed by atoms with Crippen LogP contribution in [-0.2, 0) is 21.0 Å². The fourth-order valence-electron chi connectivity index (χ4n) is 2.21. The van der Waals surface area contributed by atoms with Crippen molar-refractivity contribution in [3.05, 3.63) is 42.0 Å². The molecule has 0 aromatic heterocycles. The van der Waals surface area contributed by atoms with E-state index in [4.69, 9.17) is 9.84 Å². The maximum absolute atomic E-state index is 11.7. The summed E-state index contributed by atoms with van der Waals surface area (Å²) in [4.78, 5) is 35.6. The molecule has 1 aliphatic heterocycles. The first-order valence-electron chi connectivity index (χ1n) is 7.54. The minimum absolute atomic E-state index is 0.0498. The fraction of sp³-hybridized carbons (Fsp3) is 0.353. The van der Waals surface area contributed by atoms with Gasteiger partial charge in [-0.15, -0.1) is 0 Å². The molecule has 1 aliphatic rings. The first-order chi connectivity index (χ1) is 11.1. The molecule has 6 heteroatoms. The van der Waals surface area contributed by atoms with Gasteiger partial charge in [0.2, 0.25) is 0 Å². The van der Waals surface area contributed by atoms with Crippen molar-refractivity contribution in [1.29, 1.82) is 0 Å². The molecule has 6 nitrogen and oxygen atoms in total. The molecule has 0 saturated carbocycles. The van der Waals surface area contributed by atoms with Crippen molar-refractivity contribution in [3.63, 3.8) is 0 Å². The highest BCUT2D eigenvalue weighted by Crippen LogP contribution is 2.14. The van der Waals surface area contributed by atoms with Crippen LogP contribution >= 0.6 is 0 Å². The van der Waals surface area contributed by atoms with Crippen molar-refractivity contribution < 1.29 is 24.2 Å². The Bertz CT molecular complexity index is 588. The second-order valence-electron chi connectivity index (χ2n) is 5.25. The monoisotopic (exact) mass is 317 g/mol. The second-order valence-corrected chi connectivity index (χ2v) is 5.25. The van der Waals surface area contributed by atoms with Crippen LogP contribution in [0.4, 0.5) is 0 Å². The number of esters is 1. The smallest absolute Gasteiger partial charge is 0.311 e. The highest BCUT2D eigenvalue weighted by atomic mass is 16.5. The molecule has 1 heterocycles. The molecule has 2 rings (SSSR count). The van der Waals surface area contributed by atoms with E-state index in [0.717, 1.165) is 12.0 Å². The van der Waals surface area contributed by atoms with Gasteiger partial charge in [0.1, 0.15) is 5.75 Å². The number of hydrogen-bond donors (Lipinski definition) is 1. The maximum Gasteiger partial charge on any atom is 0.311 e. The molecule has 0 spiro atoms. The fourth-order valence-corrected chi connectivity index (χ4v) is 2.21. The van der Waals surface area contributed by atoms with Crippen LogP contribution in [0.3, 0.4) is 0 Å². The molecule has 0 saturated heterocycles. The summed E-state index contributed by atoms with van der Waals surface area (Å²) in [5.41, 5.74) is 0.755. The van der Waals surface area contributed by atoms with Gasteiger partial charge in [-0.3, -0.25) is 19.3 Å². The van der Waals surface area contributed by atoms with Crippen LogP contribution in [-0.4, -0.2) is 34.3 Å². The number of aliphatic hydroxyl groups excluding tert-OH is 1. The predicted molar refractivity (Wildman–Crippen MR) is 82.3 cm³/mol. The van der Waals surface area contributed by atoms with Crippen molar-refractivity contribution in [2.75, 3.05) is 6.54 Å². The summed E-state index contributed by atoms with van der Waals surface area (Å²) in [6.07, 6.45) is 4.84. The van der Waals surface area contributed by atoms with E-state index in [1.807, 2.05) is 0 Å². The first kappa shape index (κ1) is 16.9. The summed E-state index contributed by atoms with van der Waals surface area (Å²) in [5.74, 6) is -0.426. The number of hydrogen-bond acceptors (Lipinski definition) is 5. The summed E-state index contributed by atoms with van der Waals surface area (Å²) < 4.78 is 5.18. The molecule has 0 aliphatic carbocycles. The van der Waals surface area contributed by atoms with Crippen molar-refractivity contribution in [3.8, 4) is 5.75 Å². The number of imide groups is 1. The molecular formula is C17H19NO5. The average molecular weight is 317 g/mol. The van der Waals surface area contributed by atoms with Crippen LogP contribution < -0.4 is 4.74 Å². The summed E-state index contributed by atoms with van der Waals surface area (Å²) >= 11 is 0. The average Bonchev–Trinajstić information content (AvgIpc) is 2.87. The topological polar surface area (TPSA) is 83.9 Å². The standard InChI is InChI=1S/C17H19NO5/c19-12-13-5-7-14(8-6-13)23-17(22)4-2-1-3-11-18-15(20)9-10-16(18)21/h5-10,19H,1-4,11-12H2. The third-order valence-electron chi connectivity index (χ3n) is 3.50. The van der Waals surface area contributed by atoms with Gasteiger partial charge in [-0.25, -0.2) is 0 Å². The molecular weight excluding hydrogens is 298 g/mol. The summed E-state index contributed by atoms with van der Waals surface area (Å²) in [6.45, 7) is 0.327. The molecule has 0 fully saturated rings. The molecule has 1 aromatic carbocycles. The van der Waals surface area contributed by atoms with Gasteiger partial charge in [-0.1, -0.05) is 18.6 Å². The molecule has 0 bridgehead atoms. The van der Waals surface area contributed by atoms with Gasteiger partial charge in [0.25, 0.3) is 11.8 Å². The number of unbranched alkanes of at least 4 members (excludes halogenated alkanes) is 2. The summed E-state index contributed by atoms with van der Waals surface area (Å²) in [7, 11) is 0. The van der Waals surface area contributed by atoms with Crippen LogP contribution in [0.25, 0.3) is 0 Å². The van der Waals surface area contributed by atoms with E-state index in [0.29, 0.717) is 25.1 Å². The lowest BCUT2D eigenvalue weighted by Gasteiger charge is -2.12. The van der Waals surface area contributed by atoms with Gasteiger partial charge in [0, 0.05) is 25.1 Å². The molecule has 122 valence electrons. The van der Waals surface area contributed by atoms with Crippen LogP contribution in [0.5, 0.6) is 5.75 Å². The van der Waals surface area contributed by atoms with Gasteiger partial charge in [0.15, 0.2) is 0 Å². The Kier molecular flexibility index (Phi) is 6.05. The highest BCUT2D eigenvalue weighted by molar-refractivity contribution is 6.12. The SMILES string of the molecule is O=C(CCCCCN1C(=O)C=CC1=O)Oc1ccc(CO)cc1. The minimum Gasteiger partial charge on any atom is -0.427 e. The number of rotatable bonds is 8. The lowest BCUT2D eigenvalue weighted by atomic mass is 10.2. The van der Waals surface area contributed by atoms with Gasteiger partial charge in [-0.05, 0) is 30.5 Å². The van der Waals surface area contributed by atoms with Crippen molar-refractivity contribution in [2.45, 2.75) is 32.3 Å². The zero-order valence-electron chi connectivity index (χ0n) is 12.7. The molecule has 0 atom stereocenters. The van der Waals surface area contributed by atoms with Crippen LogP contribution in [0, 0.1) is 0 Å². The largest absolute Gasteiger partial charge is 0.427 e. The molecule has 1 N–H and O–H groups in total. The number of ether oxygens (including phenoxy) is 1. The van der Waals surface area contributed by atoms with E-state index in [-0.39, 0.29) is 30.8 Å². The quantitative estimate of drug-likeness (QED) is 0.340.